The zero-order valence-corrected chi connectivity index (χ0v) is 19.4. The maximum absolute atomic E-state index is 12.9. The lowest BCUT2D eigenvalue weighted by Gasteiger charge is -2.14. The smallest absolute Gasteiger partial charge is 0.451 e. The molecular formula is C23H23F3N4O3S. The van der Waals surface area contributed by atoms with Gasteiger partial charge in [0.1, 0.15) is 16.9 Å². The molecule has 180 valence electrons. The van der Waals surface area contributed by atoms with Crippen LogP contribution in [-0.4, -0.2) is 40.2 Å². The van der Waals surface area contributed by atoms with Crippen LogP contribution in [-0.2, 0) is 17.5 Å². The van der Waals surface area contributed by atoms with E-state index < -0.39 is 17.9 Å². The lowest BCUT2D eigenvalue weighted by Crippen LogP contribution is -2.24. The highest BCUT2D eigenvalue weighted by molar-refractivity contribution is 7.15. The van der Waals surface area contributed by atoms with Gasteiger partial charge in [-0.05, 0) is 24.1 Å². The lowest BCUT2D eigenvalue weighted by molar-refractivity contribution is -0.145. The van der Waals surface area contributed by atoms with E-state index in [0.29, 0.717) is 36.0 Å². The monoisotopic (exact) mass is 492 g/mol. The molecule has 3 heterocycles. The van der Waals surface area contributed by atoms with Crippen LogP contribution >= 0.6 is 11.3 Å². The van der Waals surface area contributed by atoms with E-state index in [4.69, 9.17) is 9.47 Å². The topological polar surface area (TPSA) is 86.2 Å². The van der Waals surface area contributed by atoms with E-state index in [2.05, 4.69) is 34.1 Å². The number of carbonyl (C=O) groups excluding carboxylic acids is 1. The van der Waals surface area contributed by atoms with Crippen molar-refractivity contribution in [3.63, 3.8) is 0 Å². The first-order valence-corrected chi connectivity index (χ1v) is 11.5. The first-order chi connectivity index (χ1) is 16.2. The predicted molar refractivity (Wildman–Crippen MR) is 120 cm³/mol. The van der Waals surface area contributed by atoms with Gasteiger partial charge in [-0.3, -0.25) is 4.79 Å². The molecule has 0 bridgehead atoms. The molecule has 34 heavy (non-hydrogen) atoms. The van der Waals surface area contributed by atoms with Crippen molar-refractivity contribution in [2.45, 2.75) is 45.0 Å². The third-order valence-electron chi connectivity index (χ3n) is 5.11. The molecule has 1 saturated heterocycles. The van der Waals surface area contributed by atoms with E-state index in [1.807, 2.05) is 12.3 Å². The molecule has 2 aromatic heterocycles. The Kier molecular flexibility index (Phi) is 7.13. The average Bonchev–Trinajstić information content (AvgIpc) is 3.49. The second kappa shape index (κ2) is 10.1. The van der Waals surface area contributed by atoms with E-state index in [9.17, 15) is 18.0 Å². The Balaban J connectivity index is 1.54. The van der Waals surface area contributed by atoms with E-state index in [1.165, 1.54) is 0 Å². The number of nitrogens with zero attached hydrogens (tertiary/aromatic N) is 3. The molecule has 1 amide bonds. The van der Waals surface area contributed by atoms with Crippen molar-refractivity contribution in [2.75, 3.05) is 13.2 Å². The number of halogens is 3. The van der Waals surface area contributed by atoms with Crippen LogP contribution in [0.5, 0.6) is 5.75 Å². The molecular weight excluding hydrogens is 469 g/mol. The zero-order chi connectivity index (χ0) is 24.3. The molecule has 0 radical (unpaired) electrons. The van der Waals surface area contributed by atoms with Crippen molar-refractivity contribution in [3.8, 4) is 16.3 Å². The maximum atomic E-state index is 12.9. The van der Waals surface area contributed by atoms with E-state index in [0.717, 1.165) is 34.3 Å². The summed E-state index contributed by atoms with van der Waals surface area (Å²) < 4.78 is 49.3. The molecule has 1 atom stereocenters. The molecule has 3 aromatic rings. The largest absolute Gasteiger partial charge is 0.488 e. The average molecular weight is 493 g/mol. The van der Waals surface area contributed by atoms with Gasteiger partial charge in [-0.15, -0.1) is 11.3 Å². The molecule has 1 N–H and O–H groups in total. The Bertz CT molecular complexity index is 1140. The van der Waals surface area contributed by atoms with Gasteiger partial charge in [-0.2, -0.15) is 13.2 Å². The van der Waals surface area contributed by atoms with Gasteiger partial charge in [-0.25, -0.2) is 15.0 Å². The number of nitrogens with one attached hydrogen (secondary N) is 1. The molecule has 1 unspecified atom stereocenters. The summed E-state index contributed by atoms with van der Waals surface area (Å²) in [4.78, 5) is 25.2. The molecule has 0 spiro atoms. The Morgan fingerprint density at radius 2 is 1.97 bits per heavy atom. The second-order valence-electron chi connectivity index (χ2n) is 8.17. The molecule has 1 fully saturated rings. The van der Waals surface area contributed by atoms with Gasteiger partial charge < -0.3 is 14.8 Å². The van der Waals surface area contributed by atoms with E-state index >= 15 is 0 Å². The first-order valence-electron chi connectivity index (χ1n) is 10.7. The second-order valence-corrected chi connectivity index (χ2v) is 9.23. The normalized spacial score (nSPS) is 16.1. The van der Waals surface area contributed by atoms with Crippen LogP contribution in [0.3, 0.4) is 0 Å². The molecule has 1 aliphatic rings. The number of alkyl halides is 3. The van der Waals surface area contributed by atoms with Crippen molar-refractivity contribution in [1.82, 2.24) is 20.3 Å². The summed E-state index contributed by atoms with van der Waals surface area (Å²) in [7, 11) is 0. The van der Waals surface area contributed by atoms with E-state index in [-0.39, 0.29) is 12.6 Å². The van der Waals surface area contributed by atoms with Gasteiger partial charge in [0.25, 0.3) is 5.91 Å². The Morgan fingerprint density at radius 1 is 1.21 bits per heavy atom. The molecule has 1 aliphatic heterocycles. The standard InChI is InChI=1S/C23H23F3N4O3S/c1-13(2)19-11-28-21(34-19)16-5-15(6-18(7-16)33-17-3-4-32-12-17)20(31)27-8-14-9-29-22(30-10-14)23(24,25)26/h5-7,9-11,13,17H,3-4,8,12H2,1-2H3,(H,27,31). The number of thiazole rings is 1. The van der Waals surface area contributed by atoms with Crippen LogP contribution in [0.1, 0.15) is 52.8 Å². The number of hydrogen-bond donors (Lipinski definition) is 1. The van der Waals surface area contributed by atoms with Gasteiger partial charge in [-0.1, -0.05) is 13.8 Å². The van der Waals surface area contributed by atoms with Crippen LogP contribution in [0.4, 0.5) is 13.2 Å². The minimum Gasteiger partial charge on any atom is -0.488 e. The number of carbonyl (C=O) groups is 1. The van der Waals surface area contributed by atoms with Gasteiger partial charge in [0.2, 0.25) is 5.82 Å². The third-order valence-corrected chi connectivity index (χ3v) is 6.46. The Hall–Kier alpha value is -3.05. The van der Waals surface area contributed by atoms with Gasteiger partial charge in [0, 0.05) is 53.1 Å². The summed E-state index contributed by atoms with van der Waals surface area (Å²) in [5.41, 5.74) is 1.44. The summed E-state index contributed by atoms with van der Waals surface area (Å²) in [5.74, 6) is -0.778. The van der Waals surface area contributed by atoms with Crippen molar-refractivity contribution in [3.05, 3.63) is 58.6 Å². The molecule has 4 rings (SSSR count). The third kappa shape index (κ3) is 5.89. The summed E-state index contributed by atoms with van der Waals surface area (Å²) in [5, 5.41) is 3.46. The predicted octanol–water partition coefficient (Wildman–Crippen LogP) is 4.84. The van der Waals surface area contributed by atoms with Crippen LogP contribution in [0.25, 0.3) is 10.6 Å². The minimum atomic E-state index is -4.62. The highest BCUT2D eigenvalue weighted by Gasteiger charge is 2.34. The van der Waals surface area contributed by atoms with Gasteiger partial charge in [0.05, 0.1) is 13.2 Å². The summed E-state index contributed by atoms with van der Waals surface area (Å²) in [6.45, 7) is 5.25. The van der Waals surface area contributed by atoms with E-state index in [1.54, 1.807) is 23.5 Å². The maximum Gasteiger partial charge on any atom is 0.451 e. The molecule has 0 saturated carbocycles. The number of hydrogen-bond acceptors (Lipinski definition) is 7. The minimum absolute atomic E-state index is 0.0252. The van der Waals surface area contributed by atoms with Crippen LogP contribution in [0.2, 0.25) is 0 Å². The molecule has 0 aliphatic carbocycles. The van der Waals surface area contributed by atoms with Crippen LogP contribution in [0.15, 0.2) is 36.8 Å². The molecule has 1 aromatic carbocycles. The quantitative estimate of drug-likeness (QED) is 0.508. The fourth-order valence-electron chi connectivity index (χ4n) is 3.28. The number of amides is 1. The highest BCUT2D eigenvalue weighted by atomic mass is 32.1. The number of ether oxygens (including phenoxy) is 2. The van der Waals surface area contributed by atoms with Gasteiger partial charge in [0.15, 0.2) is 0 Å². The highest BCUT2D eigenvalue weighted by Crippen LogP contribution is 2.33. The Labute approximate surface area is 198 Å². The summed E-state index contributed by atoms with van der Waals surface area (Å²) >= 11 is 1.55. The fraction of sp³-hybridized carbons (Fsp3) is 0.391. The van der Waals surface area contributed by atoms with Crippen LogP contribution in [0, 0.1) is 0 Å². The first kappa shape index (κ1) is 24.1. The lowest BCUT2D eigenvalue weighted by atomic mass is 10.1. The Morgan fingerprint density at radius 3 is 2.59 bits per heavy atom. The summed E-state index contributed by atoms with van der Waals surface area (Å²) in [6.07, 6.45) is -0.0392. The number of benzene rings is 1. The van der Waals surface area contributed by atoms with Crippen molar-refractivity contribution in [2.24, 2.45) is 0 Å². The number of rotatable bonds is 7. The zero-order valence-electron chi connectivity index (χ0n) is 18.6. The SMILES string of the molecule is CC(C)c1cnc(-c2cc(OC3CCOC3)cc(C(=O)NCc3cnc(C(F)(F)F)nc3)c2)s1. The van der Waals surface area contributed by atoms with Gasteiger partial charge >= 0.3 is 6.18 Å². The molecule has 7 nitrogen and oxygen atoms in total. The van der Waals surface area contributed by atoms with Crippen molar-refractivity contribution < 1.29 is 27.4 Å². The number of aromatic nitrogens is 3. The molecule has 11 heteroatoms. The summed E-state index contributed by atoms with van der Waals surface area (Å²) in [6, 6.07) is 5.21. The van der Waals surface area contributed by atoms with Crippen LogP contribution < -0.4 is 10.1 Å². The fourth-order valence-corrected chi connectivity index (χ4v) is 4.19. The van der Waals surface area contributed by atoms with Crippen molar-refractivity contribution >= 4 is 17.2 Å². The van der Waals surface area contributed by atoms with Crippen molar-refractivity contribution in [1.29, 1.82) is 0 Å².